The van der Waals surface area contributed by atoms with Gasteiger partial charge >= 0.3 is 0 Å². The summed E-state index contributed by atoms with van der Waals surface area (Å²) in [7, 11) is -3.58. The van der Waals surface area contributed by atoms with Crippen molar-refractivity contribution in [1.82, 2.24) is 14.2 Å². The van der Waals surface area contributed by atoms with E-state index in [2.05, 4.69) is 4.98 Å². The van der Waals surface area contributed by atoms with E-state index in [9.17, 15) is 13.2 Å². The van der Waals surface area contributed by atoms with Crippen molar-refractivity contribution in [1.29, 1.82) is 0 Å². The van der Waals surface area contributed by atoms with Crippen LogP contribution in [0.1, 0.15) is 26.5 Å². The summed E-state index contributed by atoms with van der Waals surface area (Å²) in [5.74, 6) is -0.0726. The fourth-order valence-corrected chi connectivity index (χ4v) is 7.06. The van der Waals surface area contributed by atoms with Gasteiger partial charge in [-0.1, -0.05) is 18.2 Å². The predicted octanol–water partition coefficient (Wildman–Crippen LogP) is 3.94. The van der Waals surface area contributed by atoms with Crippen molar-refractivity contribution in [2.24, 2.45) is 0 Å². The number of carbonyl (C=O) groups excluding carboxylic acids is 1. The molecule has 1 saturated heterocycles. The summed E-state index contributed by atoms with van der Waals surface area (Å²) in [5.41, 5.74) is 2.37. The van der Waals surface area contributed by atoms with Gasteiger partial charge in [-0.15, -0.1) is 22.7 Å². The van der Waals surface area contributed by atoms with Gasteiger partial charge in [-0.05, 0) is 49.4 Å². The quantitative estimate of drug-likeness (QED) is 0.590. The number of nitrogens with zero attached hydrogens (tertiary/aromatic N) is 3. The Balaban J connectivity index is 1.48. The zero-order chi connectivity index (χ0) is 21.5. The highest BCUT2D eigenvalue weighted by molar-refractivity contribution is 7.89. The van der Waals surface area contributed by atoms with Crippen LogP contribution in [-0.4, -0.2) is 54.7 Å². The van der Waals surface area contributed by atoms with Crippen molar-refractivity contribution in [3.05, 3.63) is 57.4 Å². The molecule has 1 aliphatic heterocycles. The molecule has 30 heavy (non-hydrogen) atoms. The first kappa shape index (κ1) is 21.2. The number of aromatic nitrogens is 1. The minimum atomic E-state index is -3.58. The maximum atomic E-state index is 13.1. The topological polar surface area (TPSA) is 70.6 Å². The lowest BCUT2D eigenvalue weighted by molar-refractivity contribution is 0.0702. The summed E-state index contributed by atoms with van der Waals surface area (Å²) in [6.45, 7) is 6.86. The molecule has 0 aliphatic carbocycles. The number of thiazole rings is 1. The molecule has 0 spiro atoms. The number of rotatable bonds is 4. The minimum Gasteiger partial charge on any atom is -0.335 e. The maximum absolute atomic E-state index is 13.1. The van der Waals surface area contributed by atoms with Gasteiger partial charge in [-0.25, -0.2) is 13.4 Å². The summed E-state index contributed by atoms with van der Waals surface area (Å²) < 4.78 is 27.7. The standard InChI is InChI=1S/C21H23N3O3S3/c1-14-6-7-15(2)18(13-14)30(26,27)24-10-8-23(9-11-24)21(25)19-16(3)22-20(29-19)17-5-4-12-28-17/h4-7,12-13H,8-11H2,1-3H3. The fraction of sp³-hybridized carbons (Fsp3) is 0.333. The van der Waals surface area contributed by atoms with Crippen molar-refractivity contribution in [3.63, 3.8) is 0 Å². The maximum Gasteiger partial charge on any atom is 0.265 e. The lowest BCUT2D eigenvalue weighted by atomic mass is 10.2. The summed E-state index contributed by atoms with van der Waals surface area (Å²) in [6.07, 6.45) is 0. The van der Waals surface area contributed by atoms with Crippen molar-refractivity contribution < 1.29 is 13.2 Å². The zero-order valence-electron chi connectivity index (χ0n) is 17.1. The van der Waals surface area contributed by atoms with Crippen LogP contribution in [0.4, 0.5) is 0 Å². The van der Waals surface area contributed by atoms with Crippen LogP contribution in [0, 0.1) is 20.8 Å². The highest BCUT2D eigenvalue weighted by Crippen LogP contribution is 2.32. The molecule has 3 aromatic rings. The number of benzene rings is 1. The number of sulfonamides is 1. The van der Waals surface area contributed by atoms with Crippen LogP contribution in [0.25, 0.3) is 9.88 Å². The second kappa shape index (κ2) is 8.22. The second-order valence-corrected chi connectivity index (χ2v) is 11.2. The number of amides is 1. The van der Waals surface area contributed by atoms with Crippen LogP contribution >= 0.6 is 22.7 Å². The van der Waals surface area contributed by atoms with Gasteiger partial charge in [0.05, 0.1) is 15.5 Å². The third-order valence-electron chi connectivity index (χ3n) is 5.21. The van der Waals surface area contributed by atoms with Crippen molar-refractivity contribution in [3.8, 4) is 9.88 Å². The molecule has 2 aromatic heterocycles. The average Bonchev–Trinajstić information content (AvgIpc) is 3.39. The van der Waals surface area contributed by atoms with Crippen LogP contribution < -0.4 is 0 Å². The molecule has 0 bridgehead atoms. The number of piperazine rings is 1. The molecule has 0 atom stereocenters. The molecule has 0 unspecified atom stereocenters. The van der Waals surface area contributed by atoms with Crippen LogP contribution in [0.2, 0.25) is 0 Å². The van der Waals surface area contributed by atoms with Crippen molar-refractivity contribution in [2.45, 2.75) is 25.7 Å². The molecule has 1 fully saturated rings. The van der Waals surface area contributed by atoms with Crippen LogP contribution in [0.5, 0.6) is 0 Å². The first-order chi connectivity index (χ1) is 14.3. The van der Waals surface area contributed by atoms with Crippen molar-refractivity contribution in [2.75, 3.05) is 26.2 Å². The molecule has 0 radical (unpaired) electrons. The Bertz CT molecular complexity index is 1180. The normalized spacial score (nSPS) is 15.5. The van der Waals surface area contributed by atoms with E-state index in [4.69, 9.17) is 0 Å². The molecule has 3 heterocycles. The minimum absolute atomic E-state index is 0.0726. The monoisotopic (exact) mass is 461 g/mol. The number of hydrogen-bond donors (Lipinski definition) is 0. The van der Waals surface area contributed by atoms with Gasteiger partial charge in [0.25, 0.3) is 5.91 Å². The number of aryl methyl sites for hydroxylation is 3. The Kier molecular flexibility index (Phi) is 5.80. The Morgan fingerprint density at radius 1 is 1.07 bits per heavy atom. The Morgan fingerprint density at radius 3 is 2.47 bits per heavy atom. The van der Waals surface area contributed by atoms with E-state index in [1.165, 1.54) is 15.6 Å². The van der Waals surface area contributed by atoms with E-state index < -0.39 is 10.0 Å². The Labute approximate surface area is 184 Å². The largest absolute Gasteiger partial charge is 0.335 e. The molecular formula is C21H23N3O3S3. The molecule has 158 valence electrons. The zero-order valence-corrected chi connectivity index (χ0v) is 19.5. The summed E-state index contributed by atoms with van der Waals surface area (Å²) >= 11 is 3.00. The van der Waals surface area contributed by atoms with E-state index in [0.29, 0.717) is 22.9 Å². The van der Waals surface area contributed by atoms with Crippen LogP contribution in [0.3, 0.4) is 0 Å². The van der Waals surface area contributed by atoms with Crippen LogP contribution in [0.15, 0.2) is 40.6 Å². The molecule has 0 N–H and O–H groups in total. The van der Waals surface area contributed by atoms with Gasteiger partial charge in [-0.3, -0.25) is 4.79 Å². The Hall–Kier alpha value is -2.07. The smallest absolute Gasteiger partial charge is 0.265 e. The SMILES string of the molecule is Cc1ccc(C)c(S(=O)(=O)N2CCN(C(=O)c3sc(-c4cccs4)nc3C)CC2)c1. The molecule has 4 rings (SSSR count). The number of hydrogen-bond acceptors (Lipinski definition) is 6. The highest BCUT2D eigenvalue weighted by Gasteiger charge is 2.32. The van der Waals surface area contributed by atoms with E-state index in [1.807, 2.05) is 50.4 Å². The third-order valence-corrected chi connectivity index (χ3v) is 9.44. The Morgan fingerprint density at radius 2 is 1.80 bits per heavy atom. The first-order valence-electron chi connectivity index (χ1n) is 9.65. The highest BCUT2D eigenvalue weighted by atomic mass is 32.2. The van der Waals surface area contributed by atoms with Crippen molar-refractivity contribution >= 4 is 38.6 Å². The van der Waals surface area contributed by atoms with Gasteiger partial charge < -0.3 is 4.90 Å². The van der Waals surface area contributed by atoms with Gasteiger partial charge in [0.15, 0.2) is 0 Å². The fourth-order valence-electron chi connectivity index (χ4n) is 3.50. The molecule has 9 heteroatoms. The van der Waals surface area contributed by atoms with Gasteiger partial charge in [0.2, 0.25) is 10.0 Å². The van der Waals surface area contributed by atoms with E-state index in [0.717, 1.165) is 26.7 Å². The number of carbonyl (C=O) groups is 1. The second-order valence-electron chi connectivity index (χ2n) is 7.38. The molecular weight excluding hydrogens is 438 g/mol. The average molecular weight is 462 g/mol. The lowest BCUT2D eigenvalue weighted by Crippen LogP contribution is -2.50. The van der Waals surface area contributed by atoms with E-state index in [-0.39, 0.29) is 19.0 Å². The lowest BCUT2D eigenvalue weighted by Gasteiger charge is -2.34. The third kappa shape index (κ3) is 3.94. The first-order valence-corrected chi connectivity index (χ1v) is 12.8. The van der Waals surface area contributed by atoms with E-state index >= 15 is 0 Å². The predicted molar refractivity (Wildman–Crippen MR) is 121 cm³/mol. The molecule has 1 aromatic carbocycles. The molecule has 1 amide bonds. The van der Waals surface area contributed by atoms with Gasteiger partial charge in [0.1, 0.15) is 9.88 Å². The number of thiophene rings is 1. The summed E-state index contributed by atoms with van der Waals surface area (Å²) in [4.78, 5) is 21.4. The van der Waals surface area contributed by atoms with Gasteiger partial charge in [-0.2, -0.15) is 4.31 Å². The van der Waals surface area contributed by atoms with Gasteiger partial charge in [0, 0.05) is 26.2 Å². The molecule has 6 nitrogen and oxygen atoms in total. The van der Waals surface area contributed by atoms with E-state index in [1.54, 1.807) is 22.3 Å². The van der Waals surface area contributed by atoms with Crippen LogP contribution in [-0.2, 0) is 10.0 Å². The molecule has 0 saturated carbocycles. The molecule has 1 aliphatic rings. The summed E-state index contributed by atoms with van der Waals surface area (Å²) in [5, 5.41) is 2.84. The summed E-state index contributed by atoms with van der Waals surface area (Å²) in [6, 6.07) is 9.42.